The molecule has 0 atom stereocenters. The van der Waals surface area contributed by atoms with E-state index >= 15 is 0 Å². The number of aliphatic hydroxyl groups is 2. The summed E-state index contributed by atoms with van der Waals surface area (Å²) < 4.78 is 7.52. The van der Waals surface area contributed by atoms with Crippen LogP contribution in [0.15, 0.2) is 73.2 Å². The fourth-order valence-electron chi connectivity index (χ4n) is 3.16. The van der Waals surface area contributed by atoms with Crippen LogP contribution in [0, 0.1) is 6.92 Å². The summed E-state index contributed by atoms with van der Waals surface area (Å²) in [6.45, 7) is 1.56. The zero-order valence-corrected chi connectivity index (χ0v) is 16.5. The van der Waals surface area contributed by atoms with E-state index in [1.165, 1.54) is 0 Å². The maximum Gasteiger partial charge on any atom is 0.322 e. The van der Waals surface area contributed by atoms with Crippen molar-refractivity contribution >= 4 is 0 Å². The van der Waals surface area contributed by atoms with Crippen LogP contribution < -0.4 is 4.74 Å². The average molecular weight is 402 g/mol. The molecule has 0 unspecified atom stereocenters. The van der Waals surface area contributed by atoms with Gasteiger partial charge in [0.1, 0.15) is 5.75 Å². The zero-order valence-electron chi connectivity index (χ0n) is 16.5. The molecule has 2 aromatic carbocycles. The first-order chi connectivity index (χ1) is 14.7. The van der Waals surface area contributed by atoms with E-state index in [9.17, 15) is 10.2 Å². The van der Waals surface area contributed by atoms with Gasteiger partial charge in [0, 0.05) is 11.8 Å². The average Bonchev–Trinajstić information content (AvgIpc) is 3.21. The van der Waals surface area contributed by atoms with Gasteiger partial charge in [-0.3, -0.25) is 0 Å². The molecule has 0 fully saturated rings. The third kappa shape index (κ3) is 4.07. The van der Waals surface area contributed by atoms with Crippen LogP contribution in [0.5, 0.6) is 11.8 Å². The smallest absolute Gasteiger partial charge is 0.322 e. The molecule has 2 N–H and O–H groups in total. The van der Waals surface area contributed by atoms with Crippen LogP contribution in [0.3, 0.4) is 0 Å². The second-order valence-electron chi connectivity index (χ2n) is 6.87. The topological polar surface area (TPSA) is 93.3 Å². The molecular weight excluding hydrogens is 380 g/mol. The number of aryl methyl sites for hydroxylation is 1. The van der Waals surface area contributed by atoms with Crippen molar-refractivity contribution < 1.29 is 14.9 Å². The van der Waals surface area contributed by atoms with Gasteiger partial charge in [0.25, 0.3) is 0 Å². The number of rotatable bonds is 7. The van der Waals surface area contributed by atoms with Crippen molar-refractivity contribution in [3.05, 3.63) is 78.8 Å². The second kappa shape index (κ2) is 8.86. The number of benzene rings is 2. The first kappa shape index (κ1) is 19.8. The van der Waals surface area contributed by atoms with Crippen molar-refractivity contribution in [2.75, 3.05) is 13.2 Å². The Labute approximate surface area is 174 Å². The van der Waals surface area contributed by atoms with Crippen LogP contribution in [0.1, 0.15) is 11.6 Å². The molecular formula is C23H22N4O3. The number of hydrogen-bond acceptors (Lipinski definition) is 6. The van der Waals surface area contributed by atoms with Crippen molar-refractivity contribution in [2.24, 2.45) is 0 Å². The number of imidazole rings is 1. The van der Waals surface area contributed by atoms with E-state index in [1.54, 1.807) is 23.2 Å². The summed E-state index contributed by atoms with van der Waals surface area (Å²) >= 11 is 0. The predicted octanol–water partition coefficient (Wildman–Crippen LogP) is 3.63. The van der Waals surface area contributed by atoms with Gasteiger partial charge in [-0.2, -0.15) is 4.98 Å². The third-order valence-corrected chi connectivity index (χ3v) is 4.76. The van der Waals surface area contributed by atoms with E-state index in [4.69, 9.17) is 4.74 Å². The van der Waals surface area contributed by atoms with E-state index in [0.29, 0.717) is 22.8 Å². The largest absolute Gasteiger partial charge is 0.424 e. The minimum absolute atomic E-state index is 0.200. The Hall–Kier alpha value is -3.55. The van der Waals surface area contributed by atoms with Gasteiger partial charge in [0.05, 0.1) is 42.7 Å². The first-order valence-corrected chi connectivity index (χ1v) is 9.61. The summed E-state index contributed by atoms with van der Waals surface area (Å²) in [6, 6.07) is 18.7. The van der Waals surface area contributed by atoms with Gasteiger partial charge in [-0.25, -0.2) is 9.97 Å². The number of ether oxygens (including phenoxy) is 1. The highest BCUT2D eigenvalue weighted by Crippen LogP contribution is 2.33. The van der Waals surface area contributed by atoms with Crippen LogP contribution in [0.2, 0.25) is 0 Å². The Balaban J connectivity index is 1.81. The molecule has 0 spiro atoms. The maximum atomic E-state index is 9.75. The van der Waals surface area contributed by atoms with E-state index in [1.807, 2.05) is 61.5 Å². The minimum atomic E-state index is -0.542. The minimum Gasteiger partial charge on any atom is -0.424 e. The fraction of sp³-hybridized carbons (Fsp3) is 0.174. The van der Waals surface area contributed by atoms with Crippen LogP contribution in [-0.4, -0.2) is 42.9 Å². The highest BCUT2D eigenvalue weighted by atomic mass is 16.5. The fourth-order valence-corrected chi connectivity index (χ4v) is 3.16. The van der Waals surface area contributed by atoms with Crippen molar-refractivity contribution in [3.63, 3.8) is 0 Å². The van der Waals surface area contributed by atoms with Crippen molar-refractivity contribution in [1.29, 1.82) is 0 Å². The lowest BCUT2D eigenvalue weighted by molar-refractivity contribution is 0.155. The lowest BCUT2D eigenvalue weighted by Gasteiger charge is -2.17. The molecule has 4 rings (SSSR count). The zero-order chi connectivity index (χ0) is 20.9. The van der Waals surface area contributed by atoms with Gasteiger partial charge in [-0.05, 0) is 25.1 Å². The molecule has 0 saturated heterocycles. The van der Waals surface area contributed by atoms with Crippen LogP contribution >= 0.6 is 0 Å². The first-order valence-electron chi connectivity index (χ1n) is 9.61. The normalized spacial score (nSPS) is 11.1. The number of nitrogens with zero attached hydrogens (tertiary/aromatic N) is 4. The Morgan fingerprint density at radius 3 is 2.37 bits per heavy atom. The van der Waals surface area contributed by atoms with Crippen molar-refractivity contribution in [3.8, 4) is 34.4 Å². The summed E-state index contributed by atoms with van der Waals surface area (Å²) in [4.78, 5) is 13.3. The highest BCUT2D eigenvalue weighted by Gasteiger charge is 2.21. The van der Waals surface area contributed by atoms with Crippen LogP contribution in [0.25, 0.3) is 22.6 Å². The van der Waals surface area contributed by atoms with Crippen LogP contribution in [0.4, 0.5) is 0 Å². The molecule has 0 amide bonds. The molecule has 2 heterocycles. The number of para-hydroxylation sites is 1. The van der Waals surface area contributed by atoms with Crippen molar-refractivity contribution in [1.82, 2.24) is 19.5 Å². The molecule has 152 valence electrons. The van der Waals surface area contributed by atoms with Crippen molar-refractivity contribution in [2.45, 2.75) is 13.0 Å². The van der Waals surface area contributed by atoms with Gasteiger partial charge in [-0.1, -0.05) is 48.0 Å². The predicted molar refractivity (Wildman–Crippen MR) is 113 cm³/mol. The number of aromatic nitrogens is 4. The Morgan fingerprint density at radius 1 is 0.933 bits per heavy atom. The third-order valence-electron chi connectivity index (χ3n) is 4.76. The molecule has 0 saturated carbocycles. The SMILES string of the molecule is Cc1ccc(-c2ncn(C(CO)CO)c2-c2ccnc(Oc3ccccc3)n2)cc1. The summed E-state index contributed by atoms with van der Waals surface area (Å²) in [6.07, 6.45) is 3.23. The molecule has 0 aliphatic carbocycles. The summed E-state index contributed by atoms with van der Waals surface area (Å²) in [7, 11) is 0. The van der Waals surface area contributed by atoms with Gasteiger partial charge < -0.3 is 19.5 Å². The van der Waals surface area contributed by atoms with E-state index in [2.05, 4.69) is 15.0 Å². The van der Waals surface area contributed by atoms with Gasteiger partial charge >= 0.3 is 6.01 Å². The quantitative estimate of drug-likeness (QED) is 0.490. The van der Waals surface area contributed by atoms with E-state index in [0.717, 1.165) is 11.1 Å². The summed E-state index contributed by atoms with van der Waals surface area (Å²) in [5, 5.41) is 19.5. The Bertz CT molecular complexity index is 1110. The van der Waals surface area contributed by atoms with Gasteiger partial charge in [-0.15, -0.1) is 0 Å². The highest BCUT2D eigenvalue weighted by molar-refractivity contribution is 5.77. The monoisotopic (exact) mass is 402 g/mol. The van der Waals surface area contributed by atoms with E-state index in [-0.39, 0.29) is 19.2 Å². The molecule has 4 aromatic rings. The van der Waals surface area contributed by atoms with Crippen LogP contribution in [-0.2, 0) is 0 Å². The molecule has 0 aliphatic heterocycles. The molecule has 0 bridgehead atoms. The molecule has 0 aliphatic rings. The molecule has 7 nitrogen and oxygen atoms in total. The molecule has 7 heteroatoms. The Kier molecular flexibility index (Phi) is 5.83. The standard InChI is InChI=1S/C23H22N4O3/c1-16-7-9-17(10-8-16)21-22(27(15-25-21)18(13-28)14-29)20-11-12-24-23(26-20)30-19-5-3-2-4-6-19/h2-12,15,18,28-29H,13-14H2,1H3. The number of hydrogen-bond donors (Lipinski definition) is 2. The summed E-state index contributed by atoms with van der Waals surface area (Å²) in [5.41, 5.74) is 4.01. The second-order valence-corrected chi connectivity index (χ2v) is 6.87. The maximum absolute atomic E-state index is 9.75. The van der Waals surface area contributed by atoms with E-state index < -0.39 is 6.04 Å². The number of aliphatic hydroxyl groups excluding tert-OH is 2. The lowest BCUT2D eigenvalue weighted by atomic mass is 10.1. The van der Waals surface area contributed by atoms with Gasteiger partial charge in [0.15, 0.2) is 0 Å². The molecule has 0 radical (unpaired) electrons. The molecule has 30 heavy (non-hydrogen) atoms. The Morgan fingerprint density at radius 2 is 1.67 bits per heavy atom. The summed E-state index contributed by atoms with van der Waals surface area (Å²) in [5.74, 6) is 0.630. The molecule has 2 aromatic heterocycles. The lowest BCUT2D eigenvalue weighted by Crippen LogP contribution is -2.17. The van der Waals surface area contributed by atoms with Gasteiger partial charge in [0.2, 0.25) is 0 Å².